The molecule has 6 nitrogen and oxygen atoms in total. The third kappa shape index (κ3) is 2.75. The fourth-order valence-corrected chi connectivity index (χ4v) is 1.65. The molecule has 0 aliphatic carbocycles. The number of phenols is 1. The number of allylic oxidation sites excluding steroid dienone is 1. The second kappa shape index (κ2) is 5.26. The van der Waals surface area contributed by atoms with Crippen LogP contribution in [0.2, 0.25) is 0 Å². The van der Waals surface area contributed by atoms with E-state index in [0.717, 1.165) is 5.01 Å². The van der Waals surface area contributed by atoms with Crippen molar-refractivity contribution >= 4 is 16.7 Å². The number of fused-ring (bicyclic) bond motifs is 1. The zero-order valence-electron chi connectivity index (χ0n) is 11.3. The Balaban J connectivity index is 2.50. The maximum Gasteiger partial charge on any atom is 0.361 e. The molecule has 6 heteroatoms. The first-order valence-electron chi connectivity index (χ1n) is 6.16. The molecule has 0 radical (unpaired) electrons. The third-order valence-corrected chi connectivity index (χ3v) is 2.93. The van der Waals surface area contributed by atoms with E-state index in [0.29, 0.717) is 16.7 Å². The second-order valence-electron chi connectivity index (χ2n) is 4.83. The molecule has 0 atom stereocenters. The van der Waals surface area contributed by atoms with Crippen LogP contribution in [-0.2, 0) is 0 Å². The van der Waals surface area contributed by atoms with Gasteiger partial charge in [-0.25, -0.2) is 10.6 Å². The number of rotatable bonds is 3. The lowest BCUT2D eigenvalue weighted by Gasteiger charge is -2.15. The Morgan fingerprint density at radius 3 is 2.75 bits per heavy atom. The zero-order chi connectivity index (χ0) is 14.9. The lowest BCUT2D eigenvalue weighted by Crippen LogP contribution is -2.31. The summed E-state index contributed by atoms with van der Waals surface area (Å²) in [6.07, 6.45) is 1.49. The molecule has 0 aliphatic heterocycles. The van der Waals surface area contributed by atoms with Crippen LogP contribution >= 0.6 is 0 Å². The van der Waals surface area contributed by atoms with Crippen LogP contribution in [0.3, 0.4) is 0 Å². The quantitative estimate of drug-likeness (QED) is 0.446. The molecule has 1 heterocycles. The van der Waals surface area contributed by atoms with Gasteiger partial charge in [0.05, 0.1) is 0 Å². The van der Waals surface area contributed by atoms with Crippen molar-refractivity contribution in [3.05, 3.63) is 46.6 Å². The summed E-state index contributed by atoms with van der Waals surface area (Å²) >= 11 is 0. The molecule has 5 N–H and O–H groups in total. The summed E-state index contributed by atoms with van der Waals surface area (Å²) < 4.78 is 5.13. The number of aromatic hydroxyl groups is 1. The predicted octanol–water partition coefficient (Wildman–Crippen LogP) is 1.63. The molecular formula is C14H17N3O3. The van der Waals surface area contributed by atoms with Gasteiger partial charge in [0, 0.05) is 23.3 Å². The second-order valence-corrected chi connectivity index (χ2v) is 4.83. The molecule has 2 aromatic rings. The van der Waals surface area contributed by atoms with E-state index in [1.807, 2.05) is 13.8 Å². The van der Waals surface area contributed by atoms with E-state index in [1.165, 1.54) is 18.3 Å². The molecule has 106 valence electrons. The first-order valence-corrected chi connectivity index (χ1v) is 6.16. The summed E-state index contributed by atoms with van der Waals surface area (Å²) in [5, 5.41) is 11.2. The largest absolute Gasteiger partial charge is 0.508 e. The first kappa shape index (κ1) is 14.0. The fraction of sp³-hybridized carbons (Fsp3) is 0.214. The van der Waals surface area contributed by atoms with Crippen LogP contribution in [0.25, 0.3) is 11.0 Å². The van der Waals surface area contributed by atoms with Crippen LogP contribution in [0.5, 0.6) is 5.75 Å². The van der Waals surface area contributed by atoms with Gasteiger partial charge >= 0.3 is 5.63 Å². The summed E-state index contributed by atoms with van der Waals surface area (Å²) in [6.45, 7) is 3.84. The Morgan fingerprint density at radius 1 is 1.40 bits per heavy atom. The van der Waals surface area contributed by atoms with Gasteiger partial charge in [0.2, 0.25) is 0 Å². The molecule has 20 heavy (non-hydrogen) atoms. The molecule has 0 saturated carbocycles. The normalized spacial score (nSPS) is 12.1. The fourth-order valence-electron chi connectivity index (χ4n) is 1.65. The van der Waals surface area contributed by atoms with Gasteiger partial charge in [-0.1, -0.05) is 13.8 Å². The molecule has 2 rings (SSSR count). The van der Waals surface area contributed by atoms with E-state index in [9.17, 15) is 9.90 Å². The summed E-state index contributed by atoms with van der Waals surface area (Å²) in [4.78, 5) is 11.9. The molecule has 0 unspecified atom stereocenters. The van der Waals surface area contributed by atoms with E-state index in [4.69, 9.17) is 16.0 Å². The molecule has 1 aromatic carbocycles. The standard InChI is InChI=1S/C14H17N3O3/c1-8(2)11(15)7-17(16)12-5-9-3-4-10(18)6-13(9)20-14(12)19/h3-8,18H,15-16H2,1-2H3/b11-7-. The minimum Gasteiger partial charge on any atom is -0.508 e. The number of anilines is 1. The van der Waals surface area contributed by atoms with Crippen molar-refractivity contribution < 1.29 is 9.52 Å². The number of hydrazine groups is 1. The van der Waals surface area contributed by atoms with Crippen LogP contribution in [0, 0.1) is 5.92 Å². The summed E-state index contributed by atoms with van der Waals surface area (Å²) in [7, 11) is 0. The van der Waals surface area contributed by atoms with Crippen LogP contribution < -0.4 is 22.2 Å². The minimum absolute atomic E-state index is 0.0296. The highest BCUT2D eigenvalue weighted by Gasteiger charge is 2.10. The Labute approximate surface area is 115 Å². The van der Waals surface area contributed by atoms with Gasteiger partial charge in [-0.15, -0.1) is 0 Å². The number of hydrogen-bond donors (Lipinski definition) is 3. The van der Waals surface area contributed by atoms with E-state index in [1.54, 1.807) is 12.1 Å². The SMILES string of the molecule is CC(C)/C(N)=C/N(N)c1cc2ccc(O)cc2oc1=O. The average molecular weight is 275 g/mol. The van der Waals surface area contributed by atoms with Gasteiger partial charge in [-0.2, -0.15) is 0 Å². The first-order chi connectivity index (χ1) is 9.38. The molecule has 0 amide bonds. The predicted molar refractivity (Wildman–Crippen MR) is 77.9 cm³/mol. The summed E-state index contributed by atoms with van der Waals surface area (Å²) in [5.74, 6) is 5.97. The molecule has 0 saturated heterocycles. The lowest BCUT2D eigenvalue weighted by molar-refractivity contribution is 0.473. The van der Waals surface area contributed by atoms with Crippen molar-refractivity contribution in [2.75, 3.05) is 5.01 Å². The highest BCUT2D eigenvalue weighted by molar-refractivity contribution is 5.81. The van der Waals surface area contributed by atoms with Crippen molar-refractivity contribution in [3.63, 3.8) is 0 Å². The summed E-state index contributed by atoms with van der Waals surface area (Å²) in [5.41, 5.74) is 6.24. The van der Waals surface area contributed by atoms with Crippen molar-refractivity contribution in [2.24, 2.45) is 17.5 Å². The van der Waals surface area contributed by atoms with Gasteiger partial charge in [0.15, 0.2) is 0 Å². The van der Waals surface area contributed by atoms with Crippen molar-refractivity contribution in [1.82, 2.24) is 0 Å². The average Bonchev–Trinajstić information content (AvgIpc) is 2.37. The zero-order valence-corrected chi connectivity index (χ0v) is 11.3. The Morgan fingerprint density at radius 2 is 2.10 bits per heavy atom. The highest BCUT2D eigenvalue weighted by Crippen LogP contribution is 2.21. The van der Waals surface area contributed by atoms with Gasteiger partial charge in [0.1, 0.15) is 17.0 Å². The minimum atomic E-state index is -0.599. The number of hydrogen-bond acceptors (Lipinski definition) is 6. The Kier molecular flexibility index (Phi) is 3.67. The van der Waals surface area contributed by atoms with Gasteiger partial charge in [0.25, 0.3) is 0 Å². The van der Waals surface area contributed by atoms with Crippen LogP contribution in [0.15, 0.2) is 45.4 Å². The molecule has 0 aliphatic rings. The molecule has 0 fully saturated rings. The Hall–Kier alpha value is -2.47. The Bertz CT molecular complexity index is 719. The number of phenolic OH excluding ortho intramolecular Hbond substituents is 1. The molecule has 0 spiro atoms. The van der Waals surface area contributed by atoms with Crippen LogP contribution in [-0.4, -0.2) is 5.11 Å². The molecule has 1 aromatic heterocycles. The summed E-state index contributed by atoms with van der Waals surface area (Å²) in [6, 6.07) is 6.11. The van der Waals surface area contributed by atoms with E-state index < -0.39 is 5.63 Å². The highest BCUT2D eigenvalue weighted by atomic mass is 16.4. The number of nitrogens with two attached hydrogens (primary N) is 2. The van der Waals surface area contributed by atoms with Gasteiger partial charge in [-0.05, 0) is 24.1 Å². The van der Waals surface area contributed by atoms with E-state index in [2.05, 4.69) is 0 Å². The smallest absolute Gasteiger partial charge is 0.361 e. The van der Waals surface area contributed by atoms with Crippen LogP contribution in [0.1, 0.15) is 13.8 Å². The van der Waals surface area contributed by atoms with Gasteiger partial charge < -0.3 is 15.3 Å². The van der Waals surface area contributed by atoms with E-state index >= 15 is 0 Å². The molecule has 0 bridgehead atoms. The van der Waals surface area contributed by atoms with Crippen LogP contribution in [0.4, 0.5) is 5.69 Å². The third-order valence-electron chi connectivity index (χ3n) is 2.93. The van der Waals surface area contributed by atoms with Gasteiger partial charge in [-0.3, -0.25) is 5.01 Å². The molecular weight excluding hydrogens is 258 g/mol. The number of nitrogens with zero attached hydrogens (tertiary/aromatic N) is 1. The van der Waals surface area contributed by atoms with Crippen molar-refractivity contribution in [2.45, 2.75) is 13.8 Å². The van der Waals surface area contributed by atoms with E-state index in [-0.39, 0.29) is 17.4 Å². The van der Waals surface area contributed by atoms with Crippen molar-refractivity contribution in [3.8, 4) is 5.75 Å². The maximum absolute atomic E-state index is 11.9. The number of benzene rings is 1. The lowest BCUT2D eigenvalue weighted by atomic mass is 10.1. The monoisotopic (exact) mass is 275 g/mol. The van der Waals surface area contributed by atoms with Crippen molar-refractivity contribution in [1.29, 1.82) is 0 Å². The topological polar surface area (TPSA) is 106 Å². The maximum atomic E-state index is 11.9.